The maximum Gasteiger partial charge on any atom is 0.128 e. The molecule has 0 aromatic heterocycles. The highest BCUT2D eigenvalue weighted by atomic mass is 16.5. The van der Waals surface area contributed by atoms with E-state index in [2.05, 4.69) is 0 Å². The van der Waals surface area contributed by atoms with E-state index in [1.807, 2.05) is 33.2 Å². The molecule has 0 unspecified atom stereocenters. The van der Waals surface area contributed by atoms with Gasteiger partial charge >= 0.3 is 0 Å². The average molecular weight is 226 g/mol. The molecule has 0 aliphatic rings. The zero-order chi connectivity index (χ0) is 12.6. The van der Waals surface area contributed by atoms with Gasteiger partial charge in [0.05, 0.1) is 20.1 Å². The molecule has 0 amide bonds. The van der Waals surface area contributed by atoms with Gasteiger partial charge < -0.3 is 14.6 Å². The summed E-state index contributed by atoms with van der Waals surface area (Å²) in [5, 5.41) is 11.0. The van der Waals surface area contributed by atoms with Gasteiger partial charge in [-0.15, -0.1) is 0 Å². The van der Waals surface area contributed by atoms with E-state index in [0.717, 1.165) is 10.6 Å². The number of nitrogens with one attached hydrogen (secondary N) is 1. The summed E-state index contributed by atoms with van der Waals surface area (Å²) in [6.45, 7) is 1.45. The van der Waals surface area contributed by atoms with E-state index in [4.69, 9.17) is 10.6 Å². The molecule has 5 nitrogen and oxygen atoms in total. The Labute approximate surface area is 95.4 Å². The van der Waals surface area contributed by atoms with E-state index < -0.39 is 12.6 Å². The molecular formula is C11H18N2O3. The van der Waals surface area contributed by atoms with E-state index in [9.17, 15) is 9.90 Å². The second kappa shape index (κ2) is 7.67. The molecule has 3 N–H and O–H groups in total. The van der Waals surface area contributed by atoms with Crippen molar-refractivity contribution >= 4 is 5.97 Å². The van der Waals surface area contributed by atoms with Crippen molar-refractivity contribution in [3.8, 4) is 5.75 Å². The number of hydrogen-bond donors (Lipinski definition) is 2. The first-order valence-corrected chi connectivity index (χ1v) is 4.87. The molecule has 90 valence electrons. The summed E-state index contributed by atoms with van der Waals surface area (Å²) in [4.78, 5) is 10.0. The van der Waals surface area contributed by atoms with Gasteiger partial charge in [0, 0.05) is 0 Å². The third kappa shape index (κ3) is 7.78. The minimum Gasteiger partial charge on any atom is -0.546 e. The number of benzene rings is 1. The first kappa shape index (κ1) is 14.4. The second-order valence-corrected chi connectivity index (χ2v) is 3.50. The Kier molecular flexibility index (Phi) is 6.91. The lowest BCUT2D eigenvalue weighted by atomic mass is 10.2. The van der Waals surface area contributed by atoms with Gasteiger partial charge in [-0.25, -0.2) is 0 Å². The van der Waals surface area contributed by atoms with Crippen LogP contribution in [0.5, 0.6) is 5.75 Å². The number of rotatable bonds is 3. The van der Waals surface area contributed by atoms with Crippen molar-refractivity contribution in [3.63, 3.8) is 0 Å². The van der Waals surface area contributed by atoms with E-state index in [1.165, 1.54) is 0 Å². The smallest absolute Gasteiger partial charge is 0.128 e. The maximum absolute atomic E-state index is 10.0. The molecule has 0 radical (unpaired) electrons. The first-order chi connectivity index (χ1) is 7.43. The highest BCUT2D eigenvalue weighted by Crippen LogP contribution is 2.15. The molecule has 0 heterocycles. The first-order valence-electron chi connectivity index (χ1n) is 4.87. The minimum atomic E-state index is -1.21. The number of hydrogen-bond acceptors (Lipinski definition) is 4. The van der Waals surface area contributed by atoms with Crippen LogP contribution < -0.4 is 20.7 Å². The van der Waals surface area contributed by atoms with Gasteiger partial charge in [-0.3, -0.25) is 5.01 Å². The van der Waals surface area contributed by atoms with Gasteiger partial charge in [-0.1, -0.05) is 18.2 Å². The molecule has 0 atom stereocenters. The SMILES string of the molecule is C[NH+](C)N.Cc1ccccc1OCC(=O)[O-]. The van der Waals surface area contributed by atoms with E-state index in [1.54, 1.807) is 12.1 Å². The van der Waals surface area contributed by atoms with Crippen molar-refractivity contribution in [1.82, 2.24) is 0 Å². The molecule has 0 spiro atoms. The fraction of sp³-hybridized carbons (Fsp3) is 0.364. The van der Waals surface area contributed by atoms with E-state index >= 15 is 0 Å². The number of para-hydroxylation sites is 1. The van der Waals surface area contributed by atoms with Crippen LogP contribution in [-0.4, -0.2) is 26.7 Å². The quantitative estimate of drug-likeness (QED) is 0.467. The molecule has 0 aliphatic heterocycles. The highest BCUT2D eigenvalue weighted by molar-refractivity contribution is 5.66. The topological polar surface area (TPSA) is 79.8 Å². The molecule has 5 heteroatoms. The van der Waals surface area contributed by atoms with Gasteiger partial charge in [-0.2, -0.15) is 5.84 Å². The lowest BCUT2D eigenvalue weighted by molar-refractivity contribution is -0.871. The summed E-state index contributed by atoms with van der Waals surface area (Å²) < 4.78 is 4.94. The molecule has 0 fully saturated rings. The number of ether oxygens (including phenoxy) is 1. The van der Waals surface area contributed by atoms with Crippen molar-refractivity contribution in [2.45, 2.75) is 6.92 Å². The van der Waals surface area contributed by atoms with Gasteiger partial charge in [0.25, 0.3) is 0 Å². The van der Waals surface area contributed by atoms with Crippen molar-refractivity contribution in [1.29, 1.82) is 0 Å². The lowest BCUT2D eigenvalue weighted by Crippen LogP contribution is -3.11. The fourth-order valence-corrected chi connectivity index (χ4v) is 0.855. The Bertz CT molecular complexity index is 324. The Hall–Kier alpha value is -1.59. The van der Waals surface area contributed by atoms with Gasteiger partial charge in [0.1, 0.15) is 12.4 Å². The number of nitrogens with two attached hydrogens (primary N) is 1. The van der Waals surface area contributed by atoms with Crippen LogP contribution in [0.4, 0.5) is 0 Å². The molecule has 1 rings (SSSR count). The Balaban J connectivity index is 0.000000487. The number of aryl methyl sites for hydroxylation is 1. The summed E-state index contributed by atoms with van der Waals surface area (Å²) in [5.74, 6) is 4.40. The number of quaternary nitrogens is 1. The number of aliphatic carboxylic acids is 1. The number of carbonyl (C=O) groups is 1. The Morgan fingerprint density at radius 2 is 1.94 bits per heavy atom. The van der Waals surface area contributed by atoms with Gasteiger partial charge in [-0.05, 0) is 18.6 Å². The minimum absolute atomic E-state index is 0.398. The van der Waals surface area contributed by atoms with Crippen LogP contribution in [0.1, 0.15) is 5.56 Å². The summed E-state index contributed by atoms with van der Waals surface area (Å²) in [7, 11) is 3.72. The second-order valence-electron chi connectivity index (χ2n) is 3.50. The Morgan fingerprint density at radius 3 is 2.38 bits per heavy atom. The highest BCUT2D eigenvalue weighted by Gasteiger charge is 1.96. The molecule has 1 aromatic rings. The monoisotopic (exact) mass is 226 g/mol. The van der Waals surface area contributed by atoms with Crippen LogP contribution in [0.2, 0.25) is 0 Å². The largest absolute Gasteiger partial charge is 0.546 e. The van der Waals surface area contributed by atoms with Crippen LogP contribution in [-0.2, 0) is 4.79 Å². The lowest BCUT2D eigenvalue weighted by Gasteiger charge is -2.08. The zero-order valence-corrected chi connectivity index (χ0v) is 9.82. The summed E-state index contributed by atoms with van der Waals surface area (Å²) in [6, 6.07) is 7.22. The van der Waals surface area contributed by atoms with Crippen LogP contribution >= 0.6 is 0 Å². The van der Waals surface area contributed by atoms with Gasteiger partial charge in [0.2, 0.25) is 0 Å². The van der Waals surface area contributed by atoms with Crippen molar-refractivity contribution in [2.75, 3.05) is 20.7 Å². The third-order valence-corrected chi connectivity index (χ3v) is 1.44. The molecular weight excluding hydrogens is 208 g/mol. The molecule has 1 aromatic carbocycles. The van der Waals surface area contributed by atoms with E-state index in [-0.39, 0.29) is 0 Å². The molecule has 0 saturated heterocycles. The summed E-state index contributed by atoms with van der Waals surface area (Å²) >= 11 is 0. The zero-order valence-electron chi connectivity index (χ0n) is 9.82. The number of carboxylic acids is 1. The predicted octanol–water partition coefficient (Wildman–Crippen LogP) is -1.87. The van der Waals surface area contributed by atoms with Gasteiger partial charge in [0.15, 0.2) is 0 Å². The molecule has 0 bridgehead atoms. The maximum atomic E-state index is 10.0. The number of carboxylic acid groups (broad SMARTS) is 1. The summed E-state index contributed by atoms with van der Waals surface area (Å²) in [5.41, 5.74) is 0.916. The fourth-order valence-electron chi connectivity index (χ4n) is 0.855. The van der Waals surface area contributed by atoms with Crippen LogP contribution in [0.3, 0.4) is 0 Å². The predicted molar refractivity (Wildman–Crippen MR) is 58.7 cm³/mol. The van der Waals surface area contributed by atoms with Crippen LogP contribution in [0, 0.1) is 6.92 Å². The number of carbonyl (C=O) groups excluding carboxylic acids is 1. The van der Waals surface area contributed by atoms with Crippen LogP contribution in [0.15, 0.2) is 24.3 Å². The van der Waals surface area contributed by atoms with Crippen molar-refractivity contribution in [3.05, 3.63) is 29.8 Å². The average Bonchev–Trinajstić information content (AvgIpc) is 2.15. The Morgan fingerprint density at radius 1 is 1.44 bits per heavy atom. The third-order valence-electron chi connectivity index (χ3n) is 1.44. The van der Waals surface area contributed by atoms with Crippen LogP contribution in [0.25, 0.3) is 0 Å². The summed E-state index contributed by atoms with van der Waals surface area (Å²) in [6.07, 6.45) is 0. The van der Waals surface area contributed by atoms with Crippen molar-refractivity contribution in [2.24, 2.45) is 5.84 Å². The van der Waals surface area contributed by atoms with Crippen molar-refractivity contribution < 1.29 is 19.6 Å². The molecule has 0 aliphatic carbocycles. The normalized spacial score (nSPS) is 9.31. The molecule has 0 saturated carbocycles. The molecule has 16 heavy (non-hydrogen) atoms. The standard InChI is InChI=1S/C9H10O3.C2H8N2/c1-7-4-2-3-5-8(7)12-6-9(10)11;1-4(2)3/h2-5H,6H2,1H3,(H,10,11);3H2,1-2H3. The van der Waals surface area contributed by atoms with E-state index in [0.29, 0.717) is 5.75 Å².